The summed E-state index contributed by atoms with van der Waals surface area (Å²) in [6, 6.07) is 4.16. The molecule has 1 aromatic rings. The van der Waals surface area contributed by atoms with Crippen molar-refractivity contribution < 1.29 is 23.0 Å². The first-order chi connectivity index (χ1) is 6.45. The van der Waals surface area contributed by atoms with E-state index in [0.29, 0.717) is 5.56 Å². The minimum atomic E-state index is -4.35. The monoisotopic (exact) mass is 206 g/mol. The van der Waals surface area contributed by atoms with Gasteiger partial charge in [0.2, 0.25) is 0 Å². The fourth-order valence-corrected chi connectivity index (χ4v) is 0.973. The second kappa shape index (κ2) is 3.98. The van der Waals surface area contributed by atoms with Crippen molar-refractivity contribution in [2.24, 2.45) is 0 Å². The molecule has 1 atom stereocenters. The molecule has 1 N–H and O–H groups in total. The fraction of sp³-hybridized carbons (Fsp3) is 0.333. The molecule has 78 valence electrons. The Balaban J connectivity index is 2.89. The smallest absolute Gasteiger partial charge is 0.364 e. The second-order valence-electron chi connectivity index (χ2n) is 2.71. The van der Waals surface area contributed by atoms with Crippen molar-refractivity contribution in [3.05, 3.63) is 35.4 Å². The molecule has 1 rings (SSSR count). The van der Waals surface area contributed by atoms with Gasteiger partial charge in [-0.15, -0.1) is 0 Å². The number of alkyl halides is 3. The fourth-order valence-electron chi connectivity index (χ4n) is 0.973. The highest BCUT2D eigenvalue weighted by Gasteiger charge is 2.30. The van der Waals surface area contributed by atoms with Crippen LogP contribution >= 0.6 is 0 Å². The Morgan fingerprint density at radius 2 is 1.71 bits per heavy atom. The van der Waals surface area contributed by atoms with Crippen LogP contribution in [0.2, 0.25) is 0 Å². The molecule has 14 heavy (non-hydrogen) atoms. The van der Waals surface area contributed by atoms with Gasteiger partial charge in [0, 0.05) is 12.7 Å². The van der Waals surface area contributed by atoms with Gasteiger partial charge < -0.3 is 9.84 Å². The van der Waals surface area contributed by atoms with Gasteiger partial charge in [-0.05, 0) is 12.1 Å². The van der Waals surface area contributed by atoms with Crippen LogP contribution in [-0.4, -0.2) is 12.2 Å². The van der Waals surface area contributed by atoms with Gasteiger partial charge in [0.15, 0.2) is 6.29 Å². The molecule has 0 fully saturated rings. The lowest BCUT2D eigenvalue weighted by Crippen LogP contribution is -2.06. The average Bonchev–Trinajstić information content (AvgIpc) is 2.15. The van der Waals surface area contributed by atoms with Gasteiger partial charge in [-0.2, -0.15) is 13.2 Å². The van der Waals surface area contributed by atoms with Crippen molar-refractivity contribution in [2.75, 3.05) is 7.11 Å². The zero-order valence-electron chi connectivity index (χ0n) is 7.38. The third kappa shape index (κ3) is 2.46. The van der Waals surface area contributed by atoms with E-state index in [1.807, 2.05) is 0 Å². The van der Waals surface area contributed by atoms with E-state index in [0.717, 1.165) is 12.1 Å². The van der Waals surface area contributed by atoms with Crippen LogP contribution in [0.3, 0.4) is 0 Å². The van der Waals surface area contributed by atoms with Crippen molar-refractivity contribution in [3.8, 4) is 0 Å². The molecular weight excluding hydrogens is 197 g/mol. The van der Waals surface area contributed by atoms with Gasteiger partial charge >= 0.3 is 6.18 Å². The Morgan fingerprint density at radius 1 is 1.21 bits per heavy atom. The summed E-state index contributed by atoms with van der Waals surface area (Å²) in [5, 5.41) is 9.12. The highest BCUT2D eigenvalue weighted by molar-refractivity contribution is 5.25. The normalized spacial score (nSPS) is 14.1. The Morgan fingerprint density at radius 3 is 2.07 bits per heavy atom. The van der Waals surface area contributed by atoms with E-state index in [-0.39, 0.29) is 0 Å². The van der Waals surface area contributed by atoms with Crippen molar-refractivity contribution in [1.29, 1.82) is 0 Å². The maximum atomic E-state index is 12.1. The molecule has 2 nitrogen and oxygen atoms in total. The number of benzene rings is 1. The Bertz CT molecular complexity index is 292. The maximum Gasteiger partial charge on any atom is 0.416 e. The van der Waals surface area contributed by atoms with Gasteiger partial charge in [0.05, 0.1) is 5.56 Å². The summed E-state index contributed by atoms with van der Waals surface area (Å²) in [5.74, 6) is 0. The van der Waals surface area contributed by atoms with E-state index in [1.54, 1.807) is 0 Å². The highest BCUT2D eigenvalue weighted by atomic mass is 19.4. The third-order valence-corrected chi connectivity index (χ3v) is 1.75. The lowest BCUT2D eigenvalue weighted by Gasteiger charge is -2.10. The number of hydrogen-bond donors (Lipinski definition) is 1. The molecule has 1 aromatic carbocycles. The van der Waals surface area contributed by atoms with E-state index in [2.05, 4.69) is 4.74 Å². The second-order valence-corrected chi connectivity index (χ2v) is 2.71. The summed E-state index contributed by atoms with van der Waals surface area (Å²) in [7, 11) is 1.27. The van der Waals surface area contributed by atoms with Crippen molar-refractivity contribution in [1.82, 2.24) is 0 Å². The zero-order valence-corrected chi connectivity index (χ0v) is 7.38. The molecule has 0 saturated heterocycles. The average molecular weight is 206 g/mol. The van der Waals surface area contributed by atoms with Crippen molar-refractivity contribution >= 4 is 0 Å². The molecule has 0 saturated carbocycles. The SMILES string of the molecule is COC(O)c1ccc(C(F)(F)F)cc1. The summed E-state index contributed by atoms with van der Waals surface area (Å²) < 4.78 is 40.9. The van der Waals surface area contributed by atoms with Gasteiger partial charge in [-0.1, -0.05) is 12.1 Å². The van der Waals surface area contributed by atoms with E-state index < -0.39 is 18.0 Å². The van der Waals surface area contributed by atoms with Crippen molar-refractivity contribution in [3.63, 3.8) is 0 Å². The molecular formula is C9H9F3O2. The summed E-state index contributed by atoms with van der Waals surface area (Å²) >= 11 is 0. The van der Waals surface area contributed by atoms with Crippen LogP contribution in [0.4, 0.5) is 13.2 Å². The maximum absolute atomic E-state index is 12.1. The van der Waals surface area contributed by atoms with E-state index in [4.69, 9.17) is 5.11 Å². The molecule has 0 aliphatic carbocycles. The first kappa shape index (κ1) is 11.0. The minimum Gasteiger partial charge on any atom is -0.364 e. The largest absolute Gasteiger partial charge is 0.416 e. The Hall–Kier alpha value is -1.07. The van der Waals surface area contributed by atoms with Gasteiger partial charge in [-0.25, -0.2) is 0 Å². The molecule has 0 radical (unpaired) electrons. The zero-order chi connectivity index (χ0) is 10.8. The number of rotatable bonds is 2. The van der Waals surface area contributed by atoms with Crippen molar-refractivity contribution in [2.45, 2.75) is 12.5 Å². The van der Waals surface area contributed by atoms with Crippen LogP contribution in [0, 0.1) is 0 Å². The number of ether oxygens (including phenoxy) is 1. The molecule has 0 aliphatic rings. The minimum absolute atomic E-state index is 0.292. The number of aliphatic hydroxyl groups is 1. The lowest BCUT2D eigenvalue weighted by molar-refractivity contribution is -0.137. The first-order valence-corrected chi connectivity index (χ1v) is 3.83. The lowest BCUT2D eigenvalue weighted by atomic mass is 10.1. The number of methoxy groups -OCH3 is 1. The Labute approximate surface area is 78.9 Å². The molecule has 0 bridgehead atoms. The predicted octanol–water partition coefficient (Wildman–Crippen LogP) is 2.34. The summed E-state index contributed by atoms with van der Waals surface area (Å²) in [5.41, 5.74) is -0.454. The van der Waals surface area contributed by atoms with Gasteiger partial charge in [0.1, 0.15) is 0 Å². The van der Waals surface area contributed by atoms with E-state index in [1.165, 1.54) is 19.2 Å². The standard InChI is InChI=1S/C9H9F3O2/c1-14-8(13)6-2-4-7(5-3-6)9(10,11)12/h2-5,8,13H,1H3. The van der Waals surface area contributed by atoms with E-state index >= 15 is 0 Å². The van der Waals surface area contributed by atoms with E-state index in [9.17, 15) is 13.2 Å². The summed E-state index contributed by atoms with van der Waals surface area (Å²) in [6.45, 7) is 0. The number of halogens is 3. The molecule has 0 heterocycles. The van der Waals surface area contributed by atoms with Crippen LogP contribution < -0.4 is 0 Å². The summed E-state index contributed by atoms with van der Waals surface area (Å²) in [6.07, 6.45) is -5.53. The van der Waals surface area contributed by atoms with Gasteiger partial charge in [0.25, 0.3) is 0 Å². The summed E-state index contributed by atoms with van der Waals surface area (Å²) in [4.78, 5) is 0. The molecule has 5 heteroatoms. The van der Waals surface area contributed by atoms with Gasteiger partial charge in [-0.3, -0.25) is 0 Å². The Kier molecular flexibility index (Phi) is 3.13. The number of hydrogen-bond acceptors (Lipinski definition) is 2. The molecule has 0 amide bonds. The molecule has 0 spiro atoms. The highest BCUT2D eigenvalue weighted by Crippen LogP contribution is 2.29. The van der Waals surface area contributed by atoms with Crippen LogP contribution in [0.25, 0.3) is 0 Å². The molecule has 0 aliphatic heterocycles. The van der Waals surface area contributed by atoms with Crippen LogP contribution in [0.5, 0.6) is 0 Å². The number of aliphatic hydroxyl groups excluding tert-OH is 1. The van der Waals surface area contributed by atoms with Crippen LogP contribution in [-0.2, 0) is 10.9 Å². The first-order valence-electron chi connectivity index (χ1n) is 3.83. The van der Waals surface area contributed by atoms with Crippen LogP contribution in [0.1, 0.15) is 17.4 Å². The molecule has 1 unspecified atom stereocenters. The third-order valence-electron chi connectivity index (χ3n) is 1.75. The predicted molar refractivity (Wildman–Crippen MR) is 43.4 cm³/mol. The molecule has 0 aromatic heterocycles. The topological polar surface area (TPSA) is 29.5 Å². The quantitative estimate of drug-likeness (QED) is 0.752. The van der Waals surface area contributed by atoms with Crippen LogP contribution in [0.15, 0.2) is 24.3 Å².